The van der Waals surface area contributed by atoms with Crippen molar-refractivity contribution in [3.05, 3.63) is 0 Å². The lowest BCUT2D eigenvalue weighted by Crippen LogP contribution is -2.30. The van der Waals surface area contributed by atoms with Gasteiger partial charge in [0.25, 0.3) is 0 Å². The van der Waals surface area contributed by atoms with Crippen molar-refractivity contribution in [3.8, 4) is 0 Å². The molecule has 10 heavy (non-hydrogen) atoms. The molecule has 2 nitrogen and oxygen atoms in total. The fraction of sp³-hybridized carbons (Fsp3) is 1.00. The molecule has 0 heterocycles. The Bertz CT molecular complexity index is 79.3. The summed E-state index contributed by atoms with van der Waals surface area (Å²) in [5, 5.41) is 0. The molecule has 0 fully saturated rings. The average Bonchev–Trinajstić information content (AvgIpc) is 1.82. The molecule has 0 bridgehead atoms. The first-order chi connectivity index (χ1) is 4.54. The Morgan fingerprint density at radius 3 is 2.10 bits per heavy atom. The van der Waals surface area contributed by atoms with Crippen molar-refractivity contribution < 1.29 is 0 Å². The fourth-order valence-corrected chi connectivity index (χ4v) is 0.741. The van der Waals surface area contributed by atoms with Crippen LogP contribution in [0.25, 0.3) is 0 Å². The van der Waals surface area contributed by atoms with Gasteiger partial charge < -0.3 is 10.6 Å². The molecule has 0 aromatic carbocycles. The highest BCUT2D eigenvalue weighted by molar-refractivity contribution is 4.65. The second kappa shape index (κ2) is 4.69. The van der Waals surface area contributed by atoms with E-state index in [-0.39, 0.29) is 0 Å². The number of hydrogen-bond donors (Lipinski definition) is 1. The van der Waals surface area contributed by atoms with E-state index in [1.165, 1.54) is 0 Å². The summed E-state index contributed by atoms with van der Waals surface area (Å²) in [6.45, 7) is 5.43. The van der Waals surface area contributed by atoms with Crippen LogP contribution in [0.4, 0.5) is 0 Å². The summed E-state index contributed by atoms with van der Waals surface area (Å²) in [5.41, 5.74) is 5.84. The standard InChI is InChI=1S/C8H20N2/c1-7(2)8(9)5-6-10(3)4/h7-8H,5-6,9H2,1-4H3. The first-order valence-electron chi connectivity index (χ1n) is 3.94. The van der Waals surface area contributed by atoms with Gasteiger partial charge in [0.05, 0.1) is 0 Å². The van der Waals surface area contributed by atoms with Crippen LogP contribution in [-0.4, -0.2) is 31.6 Å². The molecular weight excluding hydrogens is 124 g/mol. The van der Waals surface area contributed by atoms with E-state index in [9.17, 15) is 0 Å². The van der Waals surface area contributed by atoms with Crippen molar-refractivity contribution >= 4 is 0 Å². The summed E-state index contributed by atoms with van der Waals surface area (Å²) in [4.78, 5) is 2.17. The third-order valence-electron chi connectivity index (χ3n) is 1.77. The quantitative estimate of drug-likeness (QED) is 0.636. The Labute approximate surface area is 64.4 Å². The molecule has 0 amide bonds. The molecule has 0 spiro atoms. The highest BCUT2D eigenvalue weighted by atomic mass is 15.0. The molecule has 1 unspecified atom stereocenters. The van der Waals surface area contributed by atoms with Crippen LogP contribution in [0.3, 0.4) is 0 Å². The van der Waals surface area contributed by atoms with Gasteiger partial charge in [0.15, 0.2) is 0 Å². The molecule has 0 aliphatic carbocycles. The van der Waals surface area contributed by atoms with E-state index in [0.29, 0.717) is 12.0 Å². The van der Waals surface area contributed by atoms with Gasteiger partial charge in [-0.1, -0.05) is 13.8 Å². The number of rotatable bonds is 4. The van der Waals surface area contributed by atoms with Gasteiger partial charge in [-0.2, -0.15) is 0 Å². The lowest BCUT2D eigenvalue weighted by molar-refractivity contribution is 0.352. The number of nitrogens with two attached hydrogens (primary N) is 1. The van der Waals surface area contributed by atoms with E-state index < -0.39 is 0 Å². The van der Waals surface area contributed by atoms with Crippen molar-refractivity contribution in [2.75, 3.05) is 20.6 Å². The van der Waals surface area contributed by atoms with Crippen LogP contribution in [0.2, 0.25) is 0 Å². The van der Waals surface area contributed by atoms with Crippen molar-refractivity contribution in [2.24, 2.45) is 11.7 Å². The average molecular weight is 144 g/mol. The van der Waals surface area contributed by atoms with Gasteiger partial charge >= 0.3 is 0 Å². The molecular formula is C8H20N2. The lowest BCUT2D eigenvalue weighted by atomic mass is 10.0. The van der Waals surface area contributed by atoms with Crippen molar-refractivity contribution in [3.63, 3.8) is 0 Å². The van der Waals surface area contributed by atoms with Gasteiger partial charge in [-0.15, -0.1) is 0 Å². The van der Waals surface area contributed by atoms with Crippen LogP contribution in [-0.2, 0) is 0 Å². The maximum Gasteiger partial charge on any atom is 0.00740 e. The summed E-state index contributed by atoms with van der Waals surface area (Å²) < 4.78 is 0. The van der Waals surface area contributed by atoms with Gasteiger partial charge in [0.2, 0.25) is 0 Å². The highest BCUT2D eigenvalue weighted by Gasteiger charge is 2.06. The zero-order chi connectivity index (χ0) is 8.15. The predicted octanol–water partition coefficient (Wildman–Crippen LogP) is 0.921. The highest BCUT2D eigenvalue weighted by Crippen LogP contribution is 2.02. The molecule has 0 saturated carbocycles. The maximum absolute atomic E-state index is 5.84. The van der Waals surface area contributed by atoms with Gasteiger partial charge in [0, 0.05) is 6.04 Å². The van der Waals surface area contributed by atoms with Crippen LogP contribution in [0.1, 0.15) is 20.3 Å². The van der Waals surface area contributed by atoms with Crippen molar-refractivity contribution in [1.29, 1.82) is 0 Å². The largest absolute Gasteiger partial charge is 0.327 e. The fourth-order valence-electron chi connectivity index (χ4n) is 0.741. The normalized spacial score (nSPS) is 14.7. The van der Waals surface area contributed by atoms with Crippen LogP contribution in [0.15, 0.2) is 0 Å². The Kier molecular flexibility index (Phi) is 4.65. The number of nitrogens with zero attached hydrogens (tertiary/aromatic N) is 1. The van der Waals surface area contributed by atoms with Gasteiger partial charge in [-0.3, -0.25) is 0 Å². The van der Waals surface area contributed by atoms with E-state index in [1.54, 1.807) is 0 Å². The summed E-state index contributed by atoms with van der Waals surface area (Å²) in [5.74, 6) is 0.611. The van der Waals surface area contributed by atoms with Crippen LogP contribution >= 0.6 is 0 Å². The van der Waals surface area contributed by atoms with Gasteiger partial charge in [-0.05, 0) is 33.0 Å². The lowest BCUT2D eigenvalue weighted by Gasteiger charge is -2.17. The third-order valence-corrected chi connectivity index (χ3v) is 1.77. The minimum atomic E-state index is 0.363. The summed E-state index contributed by atoms with van der Waals surface area (Å²) in [6, 6.07) is 0.363. The molecule has 0 saturated heterocycles. The minimum absolute atomic E-state index is 0.363. The van der Waals surface area contributed by atoms with Crippen molar-refractivity contribution in [1.82, 2.24) is 4.90 Å². The monoisotopic (exact) mass is 144 g/mol. The Morgan fingerprint density at radius 1 is 1.30 bits per heavy atom. The topological polar surface area (TPSA) is 29.3 Å². The molecule has 0 aromatic heterocycles. The predicted molar refractivity (Wildman–Crippen MR) is 46.0 cm³/mol. The van der Waals surface area contributed by atoms with E-state index in [0.717, 1.165) is 13.0 Å². The zero-order valence-corrected chi connectivity index (χ0v) is 7.59. The molecule has 0 aliphatic heterocycles. The summed E-state index contributed by atoms with van der Waals surface area (Å²) in [7, 11) is 4.15. The van der Waals surface area contributed by atoms with Gasteiger partial charge in [-0.25, -0.2) is 0 Å². The molecule has 62 valence electrons. The van der Waals surface area contributed by atoms with Crippen LogP contribution < -0.4 is 5.73 Å². The first-order valence-corrected chi connectivity index (χ1v) is 3.94. The second-order valence-corrected chi connectivity index (χ2v) is 3.50. The van der Waals surface area contributed by atoms with E-state index in [4.69, 9.17) is 5.73 Å². The Balaban J connectivity index is 3.30. The van der Waals surface area contributed by atoms with Gasteiger partial charge in [0.1, 0.15) is 0 Å². The molecule has 1 atom stereocenters. The van der Waals surface area contributed by atoms with E-state index in [1.807, 2.05) is 0 Å². The molecule has 0 rings (SSSR count). The maximum atomic E-state index is 5.84. The molecule has 2 heteroatoms. The SMILES string of the molecule is CC(C)C(N)CCN(C)C. The zero-order valence-electron chi connectivity index (χ0n) is 7.59. The van der Waals surface area contributed by atoms with Crippen molar-refractivity contribution in [2.45, 2.75) is 26.3 Å². The van der Waals surface area contributed by atoms with E-state index >= 15 is 0 Å². The Hall–Kier alpha value is -0.0800. The second-order valence-electron chi connectivity index (χ2n) is 3.50. The summed E-state index contributed by atoms with van der Waals surface area (Å²) >= 11 is 0. The minimum Gasteiger partial charge on any atom is -0.327 e. The van der Waals surface area contributed by atoms with E-state index in [2.05, 4.69) is 32.8 Å². The van der Waals surface area contributed by atoms with Crippen LogP contribution in [0.5, 0.6) is 0 Å². The molecule has 2 N–H and O–H groups in total. The molecule has 0 aromatic rings. The third kappa shape index (κ3) is 4.77. The summed E-state index contributed by atoms with van der Waals surface area (Å²) in [6.07, 6.45) is 1.10. The first kappa shape index (κ1) is 9.92. The smallest absolute Gasteiger partial charge is 0.00740 e. The number of hydrogen-bond acceptors (Lipinski definition) is 2. The van der Waals surface area contributed by atoms with Crippen LogP contribution in [0, 0.1) is 5.92 Å². The molecule has 0 radical (unpaired) electrons. The Morgan fingerprint density at radius 2 is 1.80 bits per heavy atom. The molecule has 0 aliphatic rings.